The highest BCUT2D eigenvalue weighted by Crippen LogP contribution is 2.30. The van der Waals surface area contributed by atoms with Gasteiger partial charge in [-0.3, -0.25) is 4.79 Å². The van der Waals surface area contributed by atoms with E-state index in [4.69, 9.17) is 23.2 Å². The third-order valence-corrected chi connectivity index (χ3v) is 4.05. The van der Waals surface area contributed by atoms with Crippen molar-refractivity contribution in [3.05, 3.63) is 61.8 Å². The number of hydrogen-bond acceptors (Lipinski definition) is 1. The lowest BCUT2D eigenvalue weighted by atomic mass is 10.2. The lowest BCUT2D eigenvalue weighted by molar-refractivity contribution is 0.102. The van der Waals surface area contributed by atoms with Gasteiger partial charge in [-0.1, -0.05) is 29.3 Å². The summed E-state index contributed by atoms with van der Waals surface area (Å²) in [7, 11) is 0. The molecule has 0 fully saturated rings. The zero-order valence-electron chi connectivity index (χ0n) is 10.3. The molecule has 0 aliphatic rings. The van der Waals surface area contributed by atoms with Gasteiger partial charge in [-0.2, -0.15) is 0 Å². The van der Waals surface area contributed by atoms with E-state index in [1.807, 2.05) is 6.92 Å². The van der Waals surface area contributed by atoms with E-state index in [1.54, 1.807) is 12.1 Å². The maximum atomic E-state index is 13.8. The van der Waals surface area contributed by atoms with Gasteiger partial charge in [0, 0.05) is 9.50 Å². The molecule has 0 radical (unpaired) electrons. The van der Waals surface area contributed by atoms with Gasteiger partial charge in [0.2, 0.25) is 0 Å². The van der Waals surface area contributed by atoms with Gasteiger partial charge in [0.15, 0.2) is 5.82 Å². The molecular weight excluding hydrogens is 368 g/mol. The molecule has 0 saturated carbocycles. The van der Waals surface area contributed by atoms with Crippen molar-refractivity contribution in [3.63, 3.8) is 0 Å². The first-order chi connectivity index (χ1) is 9.40. The summed E-state index contributed by atoms with van der Waals surface area (Å²) in [5.41, 5.74) is 1.21. The molecular formula is C14H9BrCl2FNO. The Morgan fingerprint density at radius 2 is 1.95 bits per heavy atom. The molecule has 2 aromatic rings. The molecule has 0 unspecified atom stereocenters. The van der Waals surface area contributed by atoms with Crippen molar-refractivity contribution in [2.75, 3.05) is 5.32 Å². The number of amides is 1. The number of anilines is 1. The molecule has 2 nitrogen and oxygen atoms in total. The van der Waals surface area contributed by atoms with Crippen LogP contribution in [0.15, 0.2) is 34.8 Å². The van der Waals surface area contributed by atoms with E-state index in [9.17, 15) is 9.18 Å². The lowest BCUT2D eigenvalue weighted by Crippen LogP contribution is -2.14. The summed E-state index contributed by atoms with van der Waals surface area (Å²) in [5, 5.41) is 3.00. The quantitative estimate of drug-likeness (QED) is 0.741. The second kappa shape index (κ2) is 6.12. The summed E-state index contributed by atoms with van der Waals surface area (Å²) in [4.78, 5) is 12.1. The maximum absolute atomic E-state index is 13.8. The largest absolute Gasteiger partial charge is 0.321 e. The van der Waals surface area contributed by atoms with Crippen LogP contribution in [0.1, 0.15) is 15.9 Å². The fourth-order valence-corrected chi connectivity index (χ4v) is 2.51. The van der Waals surface area contributed by atoms with E-state index in [1.165, 1.54) is 18.2 Å². The average molecular weight is 377 g/mol. The topological polar surface area (TPSA) is 29.1 Å². The molecule has 0 bridgehead atoms. The van der Waals surface area contributed by atoms with Crippen LogP contribution in [0.25, 0.3) is 0 Å². The summed E-state index contributed by atoms with van der Waals surface area (Å²) < 4.78 is 14.4. The smallest absolute Gasteiger partial charge is 0.258 e. The van der Waals surface area contributed by atoms with Gasteiger partial charge < -0.3 is 5.32 Å². The van der Waals surface area contributed by atoms with Gasteiger partial charge in [0.05, 0.1) is 16.3 Å². The highest BCUT2D eigenvalue weighted by molar-refractivity contribution is 9.10. The Hall–Kier alpha value is -1.10. The van der Waals surface area contributed by atoms with Crippen LogP contribution in [0.4, 0.5) is 10.1 Å². The van der Waals surface area contributed by atoms with Gasteiger partial charge in [-0.05, 0) is 52.7 Å². The first-order valence-corrected chi connectivity index (χ1v) is 7.16. The SMILES string of the molecule is Cc1cc(Br)c(NC(=O)c2cccc(Cl)c2F)cc1Cl. The molecule has 0 saturated heterocycles. The molecule has 1 N–H and O–H groups in total. The molecule has 0 aromatic heterocycles. The van der Waals surface area contributed by atoms with Crippen LogP contribution >= 0.6 is 39.1 Å². The second-order valence-corrected chi connectivity index (χ2v) is 5.81. The monoisotopic (exact) mass is 375 g/mol. The van der Waals surface area contributed by atoms with Crippen LogP contribution in [0.5, 0.6) is 0 Å². The average Bonchev–Trinajstić information content (AvgIpc) is 2.39. The van der Waals surface area contributed by atoms with Crippen molar-refractivity contribution in [1.82, 2.24) is 0 Å². The van der Waals surface area contributed by atoms with Crippen molar-refractivity contribution in [2.45, 2.75) is 6.92 Å². The number of carbonyl (C=O) groups excluding carboxylic acids is 1. The Bertz CT molecular complexity index is 691. The van der Waals surface area contributed by atoms with Crippen LogP contribution < -0.4 is 5.32 Å². The Morgan fingerprint density at radius 3 is 2.65 bits per heavy atom. The molecule has 2 aromatic carbocycles. The first kappa shape index (κ1) is 15.3. The van der Waals surface area contributed by atoms with Gasteiger partial charge >= 0.3 is 0 Å². The van der Waals surface area contributed by atoms with E-state index in [2.05, 4.69) is 21.2 Å². The zero-order chi connectivity index (χ0) is 14.9. The van der Waals surface area contributed by atoms with Gasteiger partial charge in [-0.15, -0.1) is 0 Å². The molecule has 104 valence electrons. The predicted octanol–water partition coefficient (Wildman–Crippen LogP) is 5.46. The summed E-state index contributed by atoms with van der Waals surface area (Å²) in [6.07, 6.45) is 0. The predicted molar refractivity (Wildman–Crippen MR) is 83.3 cm³/mol. The minimum atomic E-state index is -0.749. The molecule has 0 aliphatic heterocycles. The van der Waals surface area contributed by atoms with E-state index < -0.39 is 11.7 Å². The standard InChI is InChI=1S/C14H9BrCl2FNO/c1-7-5-9(15)12(6-11(7)17)19-14(20)8-3-2-4-10(16)13(8)18/h2-6H,1H3,(H,19,20). The fraction of sp³-hybridized carbons (Fsp3) is 0.0714. The molecule has 20 heavy (non-hydrogen) atoms. The highest BCUT2D eigenvalue weighted by atomic mass is 79.9. The van der Waals surface area contributed by atoms with E-state index in [-0.39, 0.29) is 10.6 Å². The summed E-state index contributed by atoms with van der Waals surface area (Å²) in [6.45, 7) is 1.84. The van der Waals surface area contributed by atoms with Gasteiger partial charge in [0.25, 0.3) is 5.91 Å². The molecule has 0 aliphatic carbocycles. The summed E-state index contributed by atoms with van der Waals surface area (Å²) in [6, 6.07) is 7.62. The van der Waals surface area contributed by atoms with Crippen molar-refractivity contribution in [3.8, 4) is 0 Å². The fourth-order valence-electron chi connectivity index (χ4n) is 1.61. The Balaban J connectivity index is 2.33. The third kappa shape index (κ3) is 3.14. The van der Waals surface area contributed by atoms with Gasteiger partial charge in [0.1, 0.15) is 0 Å². The highest BCUT2D eigenvalue weighted by Gasteiger charge is 2.15. The molecule has 0 spiro atoms. The summed E-state index contributed by atoms with van der Waals surface area (Å²) in [5.74, 6) is -1.34. The number of benzene rings is 2. The first-order valence-electron chi connectivity index (χ1n) is 5.61. The second-order valence-electron chi connectivity index (χ2n) is 4.14. The molecule has 0 heterocycles. The number of nitrogens with one attached hydrogen (secondary N) is 1. The van der Waals surface area contributed by atoms with Gasteiger partial charge in [-0.25, -0.2) is 4.39 Å². The Kier molecular flexibility index (Phi) is 4.68. The lowest BCUT2D eigenvalue weighted by Gasteiger charge is -2.10. The van der Waals surface area contributed by atoms with E-state index in [0.29, 0.717) is 15.2 Å². The zero-order valence-corrected chi connectivity index (χ0v) is 13.4. The molecule has 1 amide bonds. The van der Waals surface area contributed by atoms with Crippen LogP contribution in [-0.4, -0.2) is 5.91 Å². The Labute approximate surface area is 134 Å². The number of halogens is 4. The van der Waals surface area contributed by atoms with Crippen LogP contribution in [0.3, 0.4) is 0 Å². The summed E-state index contributed by atoms with van der Waals surface area (Å²) >= 11 is 15.0. The third-order valence-electron chi connectivity index (χ3n) is 2.69. The van der Waals surface area contributed by atoms with Crippen LogP contribution in [0.2, 0.25) is 10.0 Å². The van der Waals surface area contributed by atoms with Crippen molar-refractivity contribution >= 4 is 50.7 Å². The van der Waals surface area contributed by atoms with Crippen molar-refractivity contribution in [2.24, 2.45) is 0 Å². The number of hydrogen-bond donors (Lipinski definition) is 1. The normalized spacial score (nSPS) is 10.4. The van der Waals surface area contributed by atoms with E-state index in [0.717, 1.165) is 5.56 Å². The number of aryl methyl sites for hydroxylation is 1. The molecule has 0 atom stereocenters. The molecule has 6 heteroatoms. The minimum absolute atomic E-state index is 0.0985. The van der Waals surface area contributed by atoms with Crippen LogP contribution in [0, 0.1) is 12.7 Å². The number of rotatable bonds is 2. The van der Waals surface area contributed by atoms with E-state index >= 15 is 0 Å². The number of carbonyl (C=O) groups is 1. The minimum Gasteiger partial charge on any atom is -0.321 e. The van der Waals surface area contributed by atoms with Crippen LogP contribution in [-0.2, 0) is 0 Å². The van der Waals surface area contributed by atoms with Crippen molar-refractivity contribution in [1.29, 1.82) is 0 Å². The maximum Gasteiger partial charge on any atom is 0.258 e. The molecule has 2 rings (SSSR count). The Morgan fingerprint density at radius 1 is 1.25 bits per heavy atom. The van der Waals surface area contributed by atoms with Crippen molar-refractivity contribution < 1.29 is 9.18 Å².